The second kappa shape index (κ2) is 6.55. The summed E-state index contributed by atoms with van der Waals surface area (Å²) >= 11 is 0. The van der Waals surface area contributed by atoms with Gasteiger partial charge in [-0.05, 0) is 45.2 Å². The fourth-order valence-corrected chi connectivity index (χ4v) is 3.98. The van der Waals surface area contributed by atoms with E-state index in [1.807, 2.05) is 0 Å². The van der Waals surface area contributed by atoms with Crippen LogP contribution in [0.4, 0.5) is 0 Å². The monoisotopic (exact) mass is 267 g/mol. The molecule has 2 fully saturated rings. The van der Waals surface area contributed by atoms with Gasteiger partial charge in [0.1, 0.15) is 0 Å². The first-order valence-corrected chi connectivity index (χ1v) is 8.12. The van der Waals surface area contributed by atoms with Gasteiger partial charge in [0.2, 0.25) is 0 Å². The summed E-state index contributed by atoms with van der Waals surface area (Å²) in [6, 6.07) is 0.715. The molecule has 1 saturated carbocycles. The van der Waals surface area contributed by atoms with E-state index in [0.29, 0.717) is 11.5 Å². The summed E-state index contributed by atoms with van der Waals surface area (Å²) in [7, 11) is 4.37. The number of nitrogens with zero attached hydrogens (tertiary/aromatic N) is 2. The molecule has 0 aromatic rings. The zero-order chi connectivity index (χ0) is 13.9. The lowest BCUT2D eigenvalue weighted by Crippen LogP contribution is -2.55. The van der Waals surface area contributed by atoms with Crippen molar-refractivity contribution in [2.45, 2.75) is 45.6 Å². The molecule has 1 N–H and O–H groups in total. The van der Waals surface area contributed by atoms with E-state index in [4.69, 9.17) is 0 Å². The molecule has 1 atom stereocenters. The fraction of sp³-hybridized carbons (Fsp3) is 1.00. The number of rotatable bonds is 4. The Morgan fingerprint density at radius 2 is 1.84 bits per heavy atom. The first-order chi connectivity index (χ1) is 9.04. The van der Waals surface area contributed by atoms with E-state index in [0.717, 1.165) is 5.92 Å². The van der Waals surface area contributed by atoms with Crippen molar-refractivity contribution in [3.63, 3.8) is 0 Å². The van der Waals surface area contributed by atoms with E-state index < -0.39 is 0 Å². The quantitative estimate of drug-likeness (QED) is 0.841. The van der Waals surface area contributed by atoms with Gasteiger partial charge in [0.05, 0.1) is 0 Å². The van der Waals surface area contributed by atoms with Gasteiger partial charge in [0, 0.05) is 38.8 Å². The van der Waals surface area contributed by atoms with Crippen LogP contribution in [0.3, 0.4) is 0 Å². The van der Waals surface area contributed by atoms with Crippen LogP contribution in [0.5, 0.6) is 0 Å². The summed E-state index contributed by atoms with van der Waals surface area (Å²) in [6.07, 6.45) is 5.66. The maximum absolute atomic E-state index is 3.47. The highest BCUT2D eigenvalue weighted by Gasteiger charge is 2.37. The van der Waals surface area contributed by atoms with Gasteiger partial charge < -0.3 is 10.2 Å². The largest absolute Gasteiger partial charge is 0.319 e. The van der Waals surface area contributed by atoms with E-state index in [1.165, 1.54) is 58.4 Å². The van der Waals surface area contributed by atoms with Crippen LogP contribution < -0.4 is 5.32 Å². The smallest absolute Gasteiger partial charge is 0.0195 e. The van der Waals surface area contributed by atoms with Gasteiger partial charge >= 0.3 is 0 Å². The molecule has 0 radical (unpaired) electrons. The van der Waals surface area contributed by atoms with E-state index in [1.54, 1.807) is 0 Å². The van der Waals surface area contributed by atoms with Crippen molar-refractivity contribution in [1.82, 2.24) is 15.1 Å². The molecule has 19 heavy (non-hydrogen) atoms. The molecule has 1 aliphatic carbocycles. The van der Waals surface area contributed by atoms with Crippen molar-refractivity contribution >= 4 is 0 Å². The summed E-state index contributed by atoms with van der Waals surface area (Å²) in [5, 5.41) is 3.47. The van der Waals surface area contributed by atoms with Crippen LogP contribution in [-0.4, -0.2) is 62.7 Å². The summed E-state index contributed by atoms with van der Waals surface area (Å²) in [6.45, 7) is 11.0. The van der Waals surface area contributed by atoms with Crippen LogP contribution in [-0.2, 0) is 0 Å². The Morgan fingerprint density at radius 1 is 1.16 bits per heavy atom. The number of hydrogen-bond acceptors (Lipinski definition) is 3. The minimum Gasteiger partial charge on any atom is -0.319 e. The van der Waals surface area contributed by atoms with Crippen LogP contribution in [0, 0.1) is 11.3 Å². The highest BCUT2D eigenvalue weighted by Crippen LogP contribution is 2.39. The van der Waals surface area contributed by atoms with E-state index >= 15 is 0 Å². The summed E-state index contributed by atoms with van der Waals surface area (Å²) < 4.78 is 0. The minimum absolute atomic E-state index is 0.533. The van der Waals surface area contributed by atoms with Gasteiger partial charge in [0.25, 0.3) is 0 Å². The molecule has 1 aliphatic heterocycles. The molecule has 2 rings (SSSR count). The molecular formula is C16H33N3. The lowest BCUT2D eigenvalue weighted by atomic mass is 9.70. The fourth-order valence-electron chi connectivity index (χ4n) is 3.98. The molecule has 2 aliphatic rings. The molecule has 1 saturated heterocycles. The average molecular weight is 267 g/mol. The van der Waals surface area contributed by atoms with Crippen LogP contribution >= 0.6 is 0 Å². The second-order valence-corrected chi connectivity index (χ2v) is 7.29. The molecule has 0 bridgehead atoms. The Kier molecular flexibility index (Phi) is 5.27. The van der Waals surface area contributed by atoms with E-state index in [-0.39, 0.29) is 0 Å². The predicted molar refractivity (Wildman–Crippen MR) is 82.5 cm³/mol. The number of piperazine rings is 1. The number of nitrogens with one attached hydrogen (secondary N) is 1. The number of hydrogen-bond donors (Lipinski definition) is 1. The molecule has 1 unspecified atom stereocenters. The van der Waals surface area contributed by atoms with Crippen LogP contribution in [0.1, 0.15) is 39.5 Å². The van der Waals surface area contributed by atoms with Crippen molar-refractivity contribution in [1.29, 1.82) is 0 Å². The second-order valence-electron chi connectivity index (χ2n) is 7.29. The Labute approximate surface area is 119 Å². The predicted octanol–water partition coefficient (Wildman–Crippen LogP) is 2.04. The molecule has 3 nitrogen and oxygen atoms in total. The SMILES string of the molecule is CNCC1(CN2CCN(C)CC2C)CCC(C)CC1. The summed E-state index contributed by atoms with van der Waals surface area (Å²) in [5.41, 5.74) is 0.533. The Bertz CT molecular complexity index is 271. The third-order valence-electron chi connectivity index (χ3n) is 5.39. The van der Waals surface area contributed by atoms with Crippen LogP contribution in [0.25, 0.3) is 0 Å². The minimum atomic E-state index is 0.533. The lowest BCUT2D eigenvalue weighted by molar-refractivity contribution is 0.0308. The van der Waals surface area contributed by atoms with Gasteiger partial charge in [-0.25, -0.2) is 0 Å². The van der Waals surface area contributed by atoms with Gasteiger partial charge in [-0.15, -0.1) is 0 Å². The number of likely N-dealkylation sites (N-methyl/N-ethyl adjacent to an activating group) is 1. The zero-order valence-electron chi connectivity index (χ0n) is 13.4. The Hall–Kier alpha value is -0.120. The van der Waals surface area contributed by atoms with E-state index in [2.05, 4.69) is 43.1 Å². The van der Waals surface area contributed by atoms with Crippen molar-refractivity contribution < 1.29 is 0 Å². The van der Waals surface area contributed by atoms with Crippen molar-refractivity contribution in [2.24, 2.45) is 11.3 Å². The highest BCUT2D eigenvalue weighted by atomic mass is 15.3. The third kappa shape index (κ3) is 3.93. The molecule has 3 heteroatoms. The first-order valence-electron chi connectivity index (χ1n) is 8.12. The van der Waals surface area contributed by atoms with Crippen LogP contribution in [0.15, 0.2) is 0 Å². The van der Waals surface area contributed by atoms with Crippen molar-refractivity contribution in [2.75, 3.05) is 46.8 Å². The van der Waals surface area contributed by atoms with Gasteiger partial charge in [-0.3, -0.25) is 4.90 Å². The first kappa shape index (κ1) is 15.3. The van der Waals surface area contributed by atoms with Crippen molar-refractivity contribution in [3.05, 3.63) is 0 Å². The summed E-state index contributed by atoms with van der Waals surface area (Å²) in [5.74, 6) is 0.940. The molecule has 0 spiro atoms. The standard InChI is InChI=1S/C16H33N3/c1-14-5-7-16(8-6-14,12-17-3)13-19-10-9-18(4)11-15(19)2/h14-15,17H,5-13H2,1-4H3. The van der Waals surface area contributed by atoms with E-state index in [9.17, 15) is 0 Å². The van der Waals surface area contributed by atoms with Gasteiger partial charge in [-0.1, -0.05) is 19.8 Å². The zero-order valence-corrected chi connectivity index (χ0v) is 13.4. The third-order valence-corrected chi connectivity index (χ3v) is 5.39. The molecule has 0 aromatic carbocycles. The maximum Gasteiger partial charge on any atom is 0.0195 e. The Morgan fingerprint density at radius 3 is 2.42 bits per heavy atom. The normalized spacial score (nSPS) is 38.5. The molecule has 0 aromatic heterocycles. The molecule has 112 valence electrons. The molecular weight excluding hydrogens is 234 g/mol. The molecule has 1 heterocycles. The highest BCUT2D eigenvalue weighted by molar-refractivity contribution is 4.91. The Balaban J connectivity index is 1.96. The van der Waals surface area contributed by atoms with Gasteiger partial charge in [0.15, 0.2) is 0 Å². The maximum atomic E-state index is 3.47. The van der Waals surface area contributed by atoms with Crippen LogP contribution in [0.2, 0.25) is 0 Å². The topological polar surface area (TPSA) is 18.5 Å². The van der Waals surface area contributed by atoms with Crippen molar-refractivity contribution in [3.8, 4) is 0 Å². The average Bonchev–Trinajstić information content (AvgIpc) is 2.37. The van der Waals surface area contributed by atoms with Gasteiger partial charge in [-0.2, -0.15) is 0 Å². The lowest BCUT2D eigenvalue weighted by Gasteiger charge is -2.47. The molecule has 0 amide bonds. The summed E-state index contributed by atoms with van der Waals surface area (Å²) in [4.78, 5) is 5.21.